The molecule has 0 aliphatic carbocycles. The Morgan fingerprint density at radius 1 is 1.02 bits per heavy atom. The van der Waals surface area contributed by atoms with Crippen LogP contribution in [0.3, 0.4) is 0 Å². The molecule has 7 heteroatoms. The number of hydrogen-bond donors (Lipinski definition) is 1. The fourth-order valence-corrected chi connectivity index (χ4v) is 5.58. The highest BCUT2D eigenvalue weighted by molar-refractivity contribution is 5.58. The molecule has 5 rings (SSSR count). The van der Waals surface area contributed by atoms with E-state index < -0.39 is 35.1 Å². The second-order valence-electron chi connectivity index (χ2n) is 9.97. The maximum absolute atomic E-state index is 15.4. The predicted octanol–water partition coefficient (Wildman–Crippen LogP) is 5.94. The summed E-state index contributed by atoms with van der Waals surface area (Å²) in [7, 11) is 1.62. The number of halogens is 1. The maximum atomic E-state index is 15.4. The lowest BCUT2D eigenvalue weighted by Crippen LogP contribution is -2.39. The van der Waals surface area contributed by atoms with Gasteiger partial charge in [-0.3, -0.25) is 4.57 Å². The third kappa shape index (κ3) is 4.55. The minimum absolute atomic E-state index is 0.324. The van der Waals surface area contributed by atoms with E-state index in [1.54, 1.807) is 20.1 Å². The van der Waals surface area contributed by atoms with Gasteiger partial charge in [-0.05, 0) is 41.3 Å². The van der Waals surface area contributed by atoms with Crippen LogP contribution in [0, 0.1) is 18.3 Å². The van der Waals surface area contributed by atoms with Gasteiger partial charge in [0.25, 0.3) is 0 Å². The van der Waals surface area contributed by atoms with Crippen LogP contribution in [0.25, 0.3) is 0 Å². The summed E-state index contributed by atoms with van der Waals surface area (Å²) in [6.07, 6.45) is 5.06. The summed E-state index contributed by atoms with van der Waals surface area (Å²) in [6.45, 7) is 3.57. The average molecular weight is 538 g/mol. The van der Waals surface area contributed by atoms with E-state index in [0.29, 0.717) is 12.2 Å². The number of anilines is 1. The van der Waals surface area contributed by atoms with E-state index in [9.17, 15) is 4.79 Å². The number of aromatic nitrogens is 2. The van der Waals surface area contributed by atoms with E-state index in [4.69, 9.17) is 15.9 Å². The molecule has 40 heavy (non-hydrogen) atoms. The van der Waals surface area contributed by atoms with E-state index in [-0.39, 0.29) is 0 Å². The zero-order valence-electron chi connectivity index (χ0n) is 22.8. The van der Waals surface area contributed by atoms with E-state index in [2.05, 4.69) is 16.2 Å². The molecular weight excluding hydrogens is 505 g/mol. The molecule has 0 amide bonds. The minimum atomic E-state index is -1.46. The second-order valence-corrected chi connectivity index (χ2v) is 9.97. The van der Waals surface area contributed by atoms with Crippen LogP contribution in [0.15, 0.2) is 102 Å². The van der Waals surface area contributed by atoms with Gasteiger partial charge in [0.15, 0.2) is 12.4 Å². The lowest BCUT2D eigenvalue weighted by molar-refractivity contribution is -0.0587. The van der Waals surface area contributed by atoms with Crippen molar-refractivity contribution in [1.29, 1.82) is 0 Å². The zero-order valence-corrected chi connectivity index (χ0v) is 22.8. The summed E-state index contributed by atoms with van der Waals surface area (Å²) in [5.74, 6) is 3.09. The number of terminal acetylenes is 1. The quantitative estimate of drug-likeness (QED) is 0.223. The normalized spacial score (nSPS) is 22.4. The summed E-state index contributed by atoms with van der Waals surface area (Å²) in [5.41, 5.74) is 0.160. The summed E-state index contributed by atoms with van der Waals surface area (Å²) in [6, 6.07) is 29.3. The van der Waals surface area contributed by atoms with Gasteiger partial charge in [0.1, 0.15) is 22.7 Å². The Balaban J connectivity index is 1.62. The number of rotatable bonds is 8. The van der Waals surface area contributed by atoms with Gasteiger partial charge in [-0.25, -0.2) is 9.18 Å². The highest BCUT2D eigenvalue weighted by Gasteiger charge is 2.52. The monoisotopic (exact) mass is 537 g/mol. The molecule has 3 aromatic carbocycles. The van der Waals surface area contributed by atoms with Crippen LogP contribution in [0.1, 0.15) is 43.2 Å². The van der Waals surface area contributed by atoms with Gasteiger partial charge in [0.2, 0.25) is 0 Å². The van der Waals surface area contributed by atoms with Crippen LogP contribution in [0.4, 0.5) is 10.2 Å². The first kappa shape index (κ1) is 27.2. The van der Waals surface area contributed by atoms with Crippen LogP contribution in [0.5, 0.6) is 5.75 Å². The van der Waals surface area contributed by atoms with Gasteiger partial charge in [0, 0.05) is 12.1 Å². The van der Waals surface area contributed by atoms with Gasteiger partial charge >= 0.3 is 5.69 Å². The number of nitrogens with zero attached hydrogens (tertiary/aromatic N) is 2. The third-order valence-electron chi connectivity index (χ3n) is 7.94. The van der Waals surface area contributed by atoms with E-state index in [1.165, 1.54) is 10.8 Å². The molecular formula is C33H32FN3O3. The highest BCUT2D eigenvalue weighted by atomic mass is 19.1. The maximum Gasteiger partial charge on any atom is 0.351 e. The summed E-state index contributed by atoms with van der Waals surface area (Å²) in [5, 5.41) is 3.56. The molecule has 2 heterocycles. The molecule has 0 bridgehead atoms. The third-order valence-corrected chi connectivity index (χ3v) is 7.94. The minimum Gasteiger partial charge on any atom is -0.497 e. The molecule has 0 unspecified atom stereocenters. The SMILES string of the molecule is C#C[C@]1(CC)O[C@@H](n2ccc(NC(c3ccccc3)(c3ccccc3)c3ccc(OC)cc3)nc2=O)[C@H](F)[C@@H]1C. The molecule has 0 saturated carbocycles. The molecule has 1 aliphatic heterocycles. The molecule has 0 radical (unpaired) electrons. The fourth-order valence-electron chi connectivity index (χ4n) is 5.58. The topological polar surface area (TPSA) is 65.4 Å². The van der Waals surface area contributed by atoms with Gasteiger partial charge < -0.3 is 14.8 Å². The first-order valence-electron chi connectivity index (χ1n) is 13.3. The molecule has 1 aliphatic rings. The molecule has 1 N–H and O–H groups in total. The first-order chi connectivity index (χ1) is 19.4. The molecule has 0 spiro atoms. The van der Waals surface area contributed by atoms with Crippen molar-refractivity contribution in [3.63, 3.8) is 0 Å². The largest absolute Gasteiger partial charge is 0.497 e. The molecule has 1 fully saturated rings. The molecule has 6 nitrogen and oxygen atoms in total. The smallest absolute Gasteiger partial charge is 0.351 e. The molecule has 4 aromatic rings. The summed E-state index contributed by atoms with van der Waals surface area (Å²) < 4.78 is 28.0. The van der Waals surface area contributed by atoms with Gasteiger partial charge in [-0.2, -0.15) is 4.98 Å². The number of alkyl halides is 1. The Labute approximate surface area is 233 Å². The van der Waals surface area contributed by atoms with Crippen molar-refractivity contribution in [3.05, 3.63) is 124 Å². The first-order valence-corrected chi connectivity index (χ1v) is 13.3. The van der Waals surface area contributed by atoms with Crippen LogP contribution in [-0.2, 0) is 10.3 Å². The molecule has 1 aromatic heterocycles. The van der Waals surface area contributed by atoms with Crippen LogP contribution in [0.2, 0.25) is 0 Å². The number of hydrogen-bond acceptors (Lipinski definition) is 5. The zero-order chi connectivity index (χ0) is 28.3. The standard InChI is InChI=1S/C33H32FN3O3/c1-5-32(6-2)23(3)29(34)30(40-32)37-22-21-28(35-31(37)38)36-33(24-13-9-7-10-14-24,25-15-11-8-12-16-25)26-17-19-27(39-4)20-18-26/h1,7-23,29-30H,6H2,2-4H3,(H,35,36,38)/t23-,29+,30+,32+/m0/s1. The Bertz CT molecular complexity index is 1510. The fraction of sp³-hybridized carbons (Fsp3) is 0.273. The van der Waals surface area contributed by atoms with Gasteiger partial charge in [-0.1, -0.05) is 92.6 Å². The summed E-state index contributed by atoms with van der Waals surface area (Å²) in [4.78, 5) is 17.7. The number of nitrogens with one attached hydrogen (secondary N) is 1. The molecule has 4 atom stereocenters. The Hall–Kier alpha value is -4.41. The number of benzene rings is 3. The van der Waals surface area contributed by atoms with E-state index >= 15 is 4.39 Å². The van der Waals surface area contributed by atoms with Gasteiger partial charge in [-0.15, -0.1) is 6.42 Å². The van der Waals surface area contributed by atoms with Crippen molar-refractivity contribution < 1.29 is 13.9 Å². The van der Waals surface area contributed by atoms with Crippen molar-refractivity contribution >= 4 is 5.82 Å². The number of ether oxygens (including phenoxy) is 2. The van der Waals surface area contributed by atoms with Gasteiger partial charge in [0.05, 0.1) is 7.11 Å². The Morgan fingerprint density at radius 3 is 2.08 bits per heavy atom. The van der Waals surface area contributed by atoms with Crippen LogP contribution < -0.4 is 15.7 Å². The lowest BCUT2D eigenvalue weighted by Gasteiger charge is -2.37. The highest BCUT2D eigenvalue weighted by Crippen LogP contribution is 2.45. The van der Waals surface area contributed by atoms with E-state index in [1.807, 2.05) is 91.9 Å². The van der Waals surface area contributed by atoms with E-state index in [0.717, 1.165) is 22.4 Å². The van der Waals surface area contributed by atoms with Crippen LogP contribution >= 0.6 is 0 Å². The molecule has 1 saturated heterocycles. The van der Waals surface area contributed by atoms with Crippen molar-refractivity contribution in [2.75, 3.05) is 12.4 Å². The van der Waals surface area contributed by atoms with Crippen molar-refractivity contribution in [2.45, 2.75) is 43.8 Å². The number of methoxy groups -OCH3 is 1. The van der Waals surface area contributed by atoms with Crippen LogP contribution in [-0.4, -0.2) is 28.4 Å². The van der Waals surface area contributed by atoms with Crippen molar-refractivity contribution in [3.8, 4) is 18.1 Å². The molecule has 204 valence electrons. The Morgan fingerprint density at radius 2 is 1.60 bits per heavy atom. The predicted molar refractivity (Wildman–Crippen MR) is 154 cm³/mol. The average Bonchev–Trinajstić information content (AvgIpc) is 3.26. The van der Waals surface area contributed by atoms with Crippen molar-refractivity contribution in [1.82, 2.24) is 9.55 Å². The van der Waals surface area contributed by atoms with Crippen molar-refractivity contribution in [2.24, 2.45) is 5.92 Å². The Kier molecular flexibility index (Phi) is 7.46. The lowest BCUT2D eigenvalue weighted by atomic mass is 9.77. The summed E-state index contributed by atoms with van der Waals surface area (Å²) >= 11 is 0. The second kappa shape index (κ2) is 11.0.